The summed E-state index contributed by atoms with van der Waals surface area (Å²) in [5.41, 5.74) is 0.879. The van der Waals surface area contributed by atoms with Crippen LogP contribution in [0.3, 0.4) is 0 Å². The highest BCUT2D eigenvalue weighted by Gasteiger charge is 2.25. The van der Waals surface area contributed by atoms with Crippen molar-refractivity contribution in [2.75, 3.05) is 19.8 Å². The molecule has 1 aliphatic heterocycles. The summed E-state index contributed by atoms with van der Waals surface area (Å²) in [5, 5.41) is 10.4. The molecule has 1 saturated heterocycles. The van der Waals surface area contributed by atoms with Gasteiger partial charge in [-0.3, -0.25) is 0 Å². The van der Waals surface area contributed by atoms with Crippen molar-refractivity contribution in [3.05, 3.63) is 29.8 Å². The Balaban J connectivity index is 2.14. The van der Waals surface area contributed by atoms with E-state index in [9.17, 15) is 5.11 Å². The topological polar surface area (TPSA) is 38.7 Å². The lowest BCUT2D eigenvalue weighted by molar-refractivity contribution is -0.0108. The first kappa shape index (κ1) is 12.4. The average molecular weight is 236 g/mol. The van der Waals surface area contributed by atoms with Gasteiger partial charge in [-0.2, -0.15) is 0 Å². The Morgan fingerprint density at radius 1 is 1.47 bits per heavy atom. The summed E-state index contributed by atoms with van der Waals surface area (Å²) in [6.07, 6.45) is 1.55. The van der Waals surface area contributed by atoms with Crippen LogP contribution in [0.2, 0.25) is 0 Å². The fourth-order valence-electron chi connectivity index (χ4n) is 2.28. The summed E-state index contributed by atoms with van der Waals surface area (Å²) < 4.78 is 11.0. The molecule has 0 aromatic heterocycles. The summed E-state index contributed by atoms with van der Waals surface area (Å²) in [7, 11) is 0. The number of rotatable bonds is 4. The fourth-order valence-corrected chi connectivity index (χ4v) is 2.28. The molecule has 2 rings (SSSR count). The van der Waals surface area contributed by atoms with E-state index in [1.54, 1.807) is 0 Å². The molecule has 2 unspecified atom stereocenters. The predicted octanol–water partition coefficient (Wildman–Crippen LogP) is 2.55. The van der Waals surface area contributed by atoms with Gasteiger partial charge in [0.05, 0.1) is 19.3 Å². The molecule has 17 heavy (non-hydrogen) atoms. The van der Waals surface area contributed by atoms with Gasteiger partial charge in [-0.05, 0) is 25.8 Å². The molecule has 3 heteroatoms. The van der Waals surface area contributed by atoms with E-state index in [2.05, 4.69) is 0 Å². The molecule has 0 aliphatic carbocycles. The first-order valence-corrected chi connectivity index (χ1v) is 6.30. The van der Waals surface area contributed by atoms with Gasteiger partial charge in [-0.15, -0.1) is 0 Å². The van der Waals surface area contributed by atoms with E-state index in [1.807, 2.05) is 31.2 Å². The van der Waals surface area contributed by atoms with Gasteiger partial charge in [0.2, 0.25) is 0 Å². The van der Waals surface area contributed by atoms with Gasteiger partial charge in [-0.25, -0.2) is 0 Å². The number of aliphatic hydroxyl groups excluding tert-OH is 1. The number of ether oxygens (including phenoxy) is 2. The molecule has 2 atom stereocenters. The van der Waals surface area contributed by atoms with Crippen LogP contribution in [0.1, 0.15) is 31.4 Å². The lowest BCUT2D eigenvalue weighted by Crippen LogP contribution is -2.24. The van der Waals surface area contributed by atoms with Gasteiger partial charge in [0, 0.05) is 18.1 Å². The van der Waals surface area contributed by atoms with Crippen molar-refractivity contribution in [1.82, 2.24) is 0 Å². The maximum absolute atomic E-state index is 10.4. The monoisotopic (exact) mass is 236 g/mol. The zero-order valence-corrected chi connectivity index (χ0v) is 10.3. The molecule has 1 N–H and O–H groups in total. The highest BCUT2D eigenvalue weighted by atomic mass is 16.5. The summed E-state index contributed by atoms with van der Waals surface area (Å²) in [6, 6.07) is 7.71. The first-order valence-electron chi connectivity index (χ1n) is 6.30. The second-order valence-corrected chi connectivity index (χ2v) is 4.39. The van der Waals surface area contributed by atoms with Crippen molar-refractivity contribution in [1.29, 1.82) is 0 Å². The minimum Gasteiger partial charge on any atom is -0.493 e. The minimum absolute atomic E-state index is 0.186. The van der Waals surface area contributed by atoms with Crippen LogP contribution in [0.5, 0.6) is 5.75 Å². The normalized spacial score (nSPS) is 22.1. The molecule has 0 bridgehead atoms. The van der Waals surface area contributed by atoms with Crippen LogP contribution in [0.15, 0.2) is 24.3 Å². The maximum Gasteiger partial charge on any atom is 0.125 e. The molecule has 0 radical (unpaired) electrons. The average Bonchev–Trinajstić information content (AvgIpc) is 2.40. The highest BCUT2D eigenvalue weighted by molar-refractivity contribution is 5.35. The largest absolute Gasteiger partial charge is 0.493 e. The first-order chi connectivity index (χ1) is 8.33. The van der Waals surface area contributed by atoms with E-state index in [1.165, 1.54) is 0 Å². The van der Waals surface area contributed by atoms with Crippen LogP contribution in [0.25, 0.3) is 0 Å². The summed E-state index contributed by atoms with van der Waals surface area (Å²) in [6.45, 7) is 4.02. The van der Waals surface area contributed by atoms with E-state index < -0.39 is 6.10 Å². The third-order valence-corrected chi connectivity index (χ3v) is 3.18. The predicted molar refractivity (Wildman–Crippen MR) is 66.1 cm³/mol. The molecule has 94 valence electrons. The van der Waals surface area contributed by atoms with E-state index in [0.29, 0.717) is 13.2 Å². The lowest BCUT2D eigenvalue weighted by atomic mass is 9.90. The molecule has 1 fully saturated rings. The number of benzene rings is 1. The molecular weight excluding hydrogens is 216 g/mol. The zero-order valence-electron chi connectivity index (χ0n) is 10.3. The molecule has 1 aromatic rings. The number of hydrogen-bond donors (Lipinski definition) is 1. The van der Waals surface area contributed by atoms with Crippen LogP contribution in [0, 0.1) is 5.92 Å². The highest BCUT2D eigenvalue weighted by Crippen LogP contribution is 2.33. The number of aliphatic hydroxyl groups is 1. The Kier molecular flexibility index (Phi) is 4.40. The summed E-state index contributed by atoms with van der Waals surface area (Å²) in [5.74, 6) is 0.971. The van der Waals surface area contributed by atoms with E-state index in [0.717, 1.165) is 30.8 Å². The number of para-hydroxylation sites is 1. The van der Waals surface area contributed by atoms with Crippen molar-refractivity contribution in [2.45, 2.75) is 25.9 Å². The van der Waals surface area contributed by atoms with E-state index in [-0.39, 0.29) is 5.92 Å². The molecule has 1 heterocycles. The Morgan fingerprint density at radius 3 is 3.00 bits per heavy atom. The smallest absolute Gasteiger partial charge is 0.125 e. The molecular formula is C14H20O3. The van der Waals surface area contributed by atoms with Gasteiger partial charge in [-0.1, -0.05) is 18.2 Å². The van der Waals surface area contributed by atoms with Gasteiger partial charge in [0.1, 0.15) is 5.75 Å². The fraction of sp³-hybridized carbons (Fsp3) is 0.571. The van der Waals surface area contributed by atoms with Crippen LogP contribution in [-0.2, 0) is 4.74 Å². The van der Waals surface area contributed by atoms with Gasteiger partial charge in [0.25, 0.3) is 0 Å². The SMILES string of the molecule is CCOc1ccccc1C(O)C1CCCOC1. The molecule has 1 aromatic carbocycles. The standard InChI is InChI=1S/C14H20O3/c1-2-17-13-8-4-3-7-12(13)14(15)11-6-5-9-16-10-11/h3-4,7-8,11,14-15H,2,5-6,9-10H2,1H3. The quantitative estimate of drug-likeness (QED) is 0.873. The number of hydrogen-bond acceptors (Lipinski definition) is 3. The summed E-state index contributed by atoms with van der Waals surface area (Å²) in [4.78, 5) is 0. The van der Waals surface area contributed by atoms with Gasteiger partial charge >= 0.3 is 0 Å². The van der Waals surface area contributed by atoms with Crippen molar-refractivity contribution in [3.8, 4) is 5.75 Å². The van der Waals surface area contributed by atoms with Crippen LogP contribution in [-0.4, -0.2) is 24.9 Å². The second-order valence-electron chi connectivity index (χ2n) is 4.39. The third kappa shape index (κ3) is 2.99. The Labute approximate surface area is 102 Å². The van der Waals surface area contributed by atoms with Crippen molar-refractivity contribution in [2.24, 2.45) is 5.92 Å². The molecule has 0 amide bonds. The lowest BCUT2D eigenvalue weighted by Gasteiger charge is -2.27. The molecule has 0 saturated carbocycles. The van der Waals surface area contributed by atoms with Crippen LogP contribution < -0.4 is 4.74 Å². The zero-order chi connectivity index (χ0) is 12.1. The van der Waals surface area contributed by atoms with Crippen LogP contribution >= 0.6 is 0 Å². The third-order valence-electron chi connectivity index (χ3n) is 3.18. The summed E-state index contributed by atoms with van der Waals surface area (Å²) >= 11 is 0. The molecule has 3 nitrogen and oxygen atoms in total. The maximum atomic E-state index is 10.4. The van der Waals surface area contributed by atoms with Crippen molar-refractivity contribution in [3.63, 3.8) is 0 Å². The van der Waals surface area contributed by atoms with Crippen molar-refractivity contribution >= 4 is 0 Å². The van der Waals surface area contributed by atoms with Gasteiger partial charge in [0.15, 0.2) is 0 Å². The van der Waals surface area contributed by atoms with Gasteiger partial charge < -0.3 is 14.6 Å². The Bertz CT molecular complexity index is 345. The van der Waals surface area contributed by atoms with Crippen molar-refractivity contribution < 1.29 is 14.6 Å². The molecule has 0 spiro atoms. The minimum atomic E-state index is -0.488. The Morgan fingerprint density at radius 2 is 2.29 bits per heavy atom. The van der Waals surface area contributed by atoms with E-state index >= 15 is 0 Å². The van der Waals surface area contributed by atoms with Crippen LogP contribution in [0.4, 0.5) is 0 Å². The molecule has 1 aliphatic rings. The van der Waals surface area contributed by atoms with E-state index in [4.69, 9.17) is 9.47 Å². The second kappa shape index (κ2) is 6.03. The Hall–Kier alpha value is -1.06.